The summed E-state index contributed by atoms with van der Waals surface area (Å²) < 4.78 is 5.19. The molecule has 0 fully saturated rings. The maximum atomic E-state index is 5.19. The van der Waals surface area contributed by atoms with Crippen molar-refractivity contribution in [3.63, 3.8) is 0 Å². The van der Waals surface area contributed by atoms with E-state index in [1.54, 1.807) is 0 Å². The quantitative estimate of drug-likeness (QED) is 0.339. The molecule has 118 valence electrons. The highest BCUT2D eigenvalue weighted by Crippen LogP contribution is 1.99. The van der Waals surface area contributed by atoms with Crippen LogP contribution in [0.5, 0.6) is 0 Å². The van der Waals surface area contributed by atoms with E-state index in [1.165, 1.54) is 12.8 Å². The van der Waals surface area contributed by atoms with E-state index >= 15 is 0 Å². The molecule has 0 saturated carbocycles. The summed E-state index contributed by atoms with van der Waals surface area (Å²) in [6, 6.07) is 0. The van der Waals surface area contributed by atoms with Gasteiger partial charge < -0.3 is 9.62 Å². The van der Waals surface area contributed by atoms with Crippen molar-refractivity contribution in [3.8, 4) is 0 Å². The van der Waals surface area contributed by atoms with Gasteiger partial charge in [-0.05, 0) is 19.8 Å². The van der Waals surface area contributed by atoms with Gasteiger partial charge >= 0.3 is 0 Å². The molecule has 0 saturated heterocycles. The molecule has 0 aliphatic carbocycles. The van der Waals surface area contributed by atoms with Crippen molar-refractivity contribution in [3.05, 3.63) is 12.3 Å². The summed E-state index contributed by atoms with van der Waals surface area (Å²) in [5.41, 5.74) is 0. The Bertz CT molecular complexity index is 158. The summed E-state index contributed by atoms with van der Waals surface area (Å²) in [5.74, 6) is 1.40. The topological polar surface area (TPSA) is 27.7 Å². The second-order valence-electron chi connectivity index (χ2n) is 4.26. The Morgan fingerprint density at radius 1 is 1.00 bits per heavy atom. The van der Waals surface area contributed by atoms with Crippen molar-refractivity contribution in [2.24, 2.45) is 5.92 Å². The van der Waals surface area contributed by atoms with Crippen LogP contribution in [0.25, 0.3) is 0 Å². The monoisotopic (exact) mass is 276 g/mol. The van der Waals surface area contributed by atoms with E-state index in [1.807, 2.05) is 20.8 Å². The molecule has 1 atom stereocenters. The van der Waals surface area contributed by atoms with Crippen LogP contribution in [0, 0.1) is 5.92 Å². The SMILES string of the molecule is C=C(CC)OOCC.CCC.CCOCC(C)CC. The molecule has 0 aromatic carbocycles. The molecule has 19 heavy (non-hydrogen) atoms. The van der Waals surface area contributed by atoms with Gasteiger partial charge in [0.1, 0.15) is 5.76 Å². The van der Waals surface area contributed by atoms with Crippen LogP contribution in [0.4, 0.5) is 0 Å². The number of ether oxygens (including phenoxy) is 1. The average Bonchev–Trinajstić information content (AvgIpc) is 2.43. The van der Waals surface area contributed by atoms with Crippen LogP contribution in [-0.2, 0) is 14.5 Å². The lowest BCUT2D eigenvalue weighted by molar-refractivity contribution is -0.259. The van der Waals surface area contributed by atoms with Gasteiger partial charge in [0.25, 0.3) is 0 Å². The van der Waals surface area contributed by atoms with Crippen LogP contribution in [0.1, 0.15) is 67.7 Å². The molecule has 0 heterocycles. The van der Waals surface area contributed by atoms with Crippen LogP contribution >= 0.6 is 0 Å². The Morgan fingerprint density at radius 2 is 1.53 bits per heavy atom. The average molecular weight is 276 g/mol. The molecule has 0 aromatic rings. The fourth-order valence-corrected chi connectivity index (χ4v) is 0.638. The summed E-state index contributed by atoms with van der Waals surface area (Å²) in [6.45, 7) is 20.4. The summed E-state index contributed by atoms with van der Waals surface area (Å²) in [6.07, 6.45) is 3.28. The van der Waals surface area contributed by atoms with Gasteiger partial charge in [0.05, 0.1) is 6.61 Å². The predicted octanol–water partition coefficient (Wildman–Crippen LogP) is 5.36. The molecule has 0 spiro atoms. The summed E-state index contributed by atoms with van der Waals surface area (Å²) >= 11 is 0. The maximum absolute atomic E-state index is 5.19. The first-order valence-corrected chi connectivity index (χ1v) is 7.58. The van der Waals surface area contributed by atoms with Crippen molar-refractivity contribution in [1.82, 2.24) is 0 Å². The van der Waals surface area contributed by atoms with Gasteiger partial charge in [-0.25, -0.2) is 0 Å². The fraction of sp³-hybridized carbons (Fsp3) is 0.875. The third-order valence-electron chi connectivity index (χ3n) is 1.99. The predicted molar refractivity (Wildman–Crippen MR) is 84.1 cm³/mol. The first kappa shape index (κ1) is 23.5. The molecular formula is C16H36O3. The Kier molecular flexibility index (Phi) is 28.0. The van der Waals surface area contributed by atoms with Gasteiger partial charge in [-0.1, -0.05) is 54.0 Å². The van der Waals surface area contributed by atoms with Crippen LogP contribution in [-0.4, -0.2) is 19.8 Å². The minimum absolute atomic E-state index is 0.568. The number of rotatable bonds is 8. The third-order valence-corrected chi connectivity index (χ3v) is 1.99. The van der Waals surface area contributed by atoms with Gasteiger partial charge in [-0.15, -0.1) is 0 Å². The zero-order valence-electron chi connectivity index (χ0n) is 14.3. The van der Waals surface area contributed by atoms with Crippen molar-refractivity contribution in [2.75, 3.05) is 19.8 Å². The number of hydrogen-bond acceptors (Lipinski definition) is 3. The van der Waals surface area contributed by atoms with E-state index in [0.717, 1.165) is 25.6 Å². The molecule has 0 aromatic heterocycles. The molecule has 0 N–H and O–H groups in total. The van der Waals surface area contributed by atoms with E-state index < -0.39 is 0 Å². The maximum Gasteiger partial charge on any atom is 0.135 e. The molecule has 3 nitrogen and oxygen atoms in total. The van der Waals surface area contributed by atoms with Crippen LogP contribution in [0.2, 0.25) is 0 Å². The smallest absolute Gasteiger partial charge is 0.135 e. The molecule has 0 rings (SSSR count). The van der Waals surface area contributed by atoms with Gasteiger partial charge in [0, 0.05) is 19.6 Å². The Balaban J connectivity index is -0.000000224. The van der Waals surface area contributed by atoms with E-state index in [4.69, 9.17) is 4.74 Å². The van der Waals surface area contributed by atoms with Crippen LogP contribution in [0.15, 0.2) is 12.3 Å². The van der Waals surface area contributed by atoms with E-state index in [9.17, 15) is 0 Å². The minimum atomic E-state index is 0.568. The highest BCUT2D eigenvalue weighted by Gasteiger charge is 1.94. The Hall–Kier alpha value is -0.540. The summed E-state index contributed by atoms with van der Waals surface area (Å²) in [5, 5.41) is 0. The number of hydrogen-bond donors (Lipinski definition) is 0. The lowest BCUT2D eigenvalue weighted by Gasteiger charge is -2.05. The number of allylic oxidation sites excluding steroid dienone is 1. The Labute approximate surface area is 121 Å². The van der Waals surface area contributed by atoms with Crippen LogP contribution < -0.4 is 0 Å². The van der Waals surface area contributed by atoms with Gasteiger partial charge in [0.15, 0.2) is 0 Å². The summed E-state index contributed by atoms with van der Waals surface area (Å²) in [4.78, 5) is 9.23. The van der Waals surface area contributed by atoms with Gasteiger partial charge in [-0.2, -0.15) is 4.89 Å². The van der Waals surface area contributed by atoms with E-state index in [2.05, 4.69) is 44.0 Å². The molecule has 0 radical (unpaired) electrons. The van der Waals surface area contributed by atoms with Crippen molar-refractivity contribution in [1.29, 1.82) is 0 Å². The van der Waals surface area contributed by atoms with E-state index in [0.29, 0.717) is 12.4 Å². The molecule has 0 amide bonds. The standard InChI is InChI=1S/C7H16O.C6H12O2.C3H8/c1-4-7(3)6-8-5-2;1-4-6(3)8-7-5-2;1-3-2/h7H,4-6H2,1-3H3;3-5H2,1-2H3;3H2,1-2H3. The lowest BCUT2D eigenvalue weighted by atomic mass is 10.1. The first-order chi connectivity index (χ1) is 9.03. The fourth-order valence-electron chi connectivity index (χ4n) is 0.638. The lowest BCUT2D eigenvalue weighted by Crippen LogP contribution is -2.03. The minimum Gasteiger partial charge on any atom is -0.381 e. The van der Waals surface area contributed by atoms with Crippen molar-refractivity contribution in [2.45, 2.75) is 67.7 Å². The summed E-state index contributed by atoms with van der Waals surface area (Å²) in [7, 11) is 0. The first-order valence-electron chi connectivity index (χ1n) is 7.58. The third kappa shape index (κ3) is 31.8. The van der Waals surface area contributed by atoms with Crippen molar-refractivity contribution >= 4 is 0 Å². The highest BCUT2D eigenvalue weighted by molar-refractivity contribution is 4.76. The zero-order valence-corrected chi connectivity index (χ0v) is 14.3. The molecule has 0 bridgehead atoms. The van der Waals surface area contributed by atoms with Gasteiger partial charge in [0.2, 0.25) is 0 Å². The van der Waals surface area contributed by atoms with Gasteiger partial charge in [-0.3, -0.25) is 0 Å². The largest absolute Gasteiger partial charge is 0.381 e. The van der Waals surface area contributed by atoms with Crippen molar-refractivity contribution < 1.29 is 14.5 Å². The normalized spacial score (nSPS) is 10.5. The van der Waals surface area contributed by atoms with E-state index in [-0.39, 0.29) is 0 Å². The highest BCUT2D eigenvalue weighted by atomic mass is 17.2. The second kappa shape index (κ2) is 22.6. The molecule has 1 unspecified atom stereocenters. The van der Waals surface area contributed by atoms with Crippen LogP contribution in [0.3, 0.4) is 0 Å². The zero-order chi connectivity index (χ0) is 15.5. The second-order valence-corrected chi connectivity index (χ2v) is 4.26. The molecule has 3 heteroatoms. The molecule has 0 aliphatic heterocycles. The Morgan fingerprint density at radius 3 is 1.84 bits per heavy atom. The molecular weight excluding hydrogens is 240 g/mol. The molecule has 0 aliphatic rings.